The van der Waals surface area contributed by atoms with Gasteiger partial charge in [-0.3, -0.25) is 4.72 Å². The summed E-state index contributed by atoms with van der Waals surface area (Å²) in [4.78, 5) is 12.6. The Balaban J connectivity index is 2.34. The quantitative estimate of drug-likeness (QED) is 0.465. The first-order valence-electron chi connectivity index (χ1n) is 9.50. The Hall–Kier alpha value is -1.98. The molecule has 0 aliphatic carbocycles. The number of rotatable bonds is 10. The molecule has 2 atom stereocenters. The molecule has 3 N–H and O–H groups in total. The van der Waals surface area contributed by atoms with Crippen LogP contribution in [0.1, 0.15) is 43.6 Å². The Bertz CT molecular complexity index is 973. The molecule has 0 aliphatic heterocycles. The minimum Gasteiger partial charge on any atom is -0.394 e. The van der Waals surface area contributed by atoms with Gasteiger partial charge in [0.05, 0.1) is 18.9 Å². The molecule has 30 heavy (non-hydrogen) atoms. The largest absolute Gasteiger partial charge is 0.394 e. The predicted octanol–water partition coefficient (Wildman–Crippen LogP) is 3.36. The average molecular weight is 458 g/mol. The zero-order chi connectivity index (χ0) is 22.5. The molecule has 0 bridgehead atoms. The van der Waals surface area contributed by atoms with Crippen molar-refractivity contribution in [2.45, 2.75) is 50.6 Å². The van der Waals surface area contributed by atoms with Crippen molar-refractivity contribution >= 4 is 33.7 Å². The van der Waals surface area contributed by atoms with E-state index in [1.807, 2.05) is 27.7 Å². The third-order valence-electron chi connectivity index (χ3n) is 4.07. The van der Waals surface area contributed by atoms with E-state index in [1.54, 1.807) is 12.1 Å². The second-order valence-electron chi connectivity index (χ2n) is 7.58. The summed E-state index contributed by atoms with van der Waals surface area (Å²) in [5.41, 5.74) is 1.43. The molecule has 1 heterocycles. The molecule has 0 radical (unpaired) electrons. The number of hydrogen-bond donors (Lipinski definition) is 3. The summed E-state index contributed by atoms with van der Waals surface area (Å²) in [7, 11) is -3.61. The fourth-order valence-corrected chi connectivity index (χ4v) is 4.14. The Morgan fingerprint density at radius 3 is 2.43 bits per heavy atom. The van der Waals surface area contributed by atoms with Gasteiger partial charge in [0.25, 0.3) is 0 Å². The maximum atomic E-state index is 14.2. The molecule has 166 valence electrons. The number of aromatic nitrogens is 3. The summed E-state index contributed by atoms with van der Waals surface area (Å²) >= 11 is 1.18. The van der Waals surface area contributed by atoms with Gasteiger partial charge < -0.3 is 10.4 Å². The average Bonchev–Trinajstić information content (AvgIpc) is 2.61. The van der Waals surface area contributed by atoms with Crippen molar-refractivity contribution in [3.8, 4) is 0 Å². The highest BCUT2D eigenvalue weighted by molar-refractivity contribution is 7.99. The number of hydrogen-bond acceptors (Lipinski definition) is 8. The zero-order valence-electron chi connectivity index (χ0n) is 17.7. The van der Waals surface area contributed by atoms with Gasteiger partial charge in [-0.05, 0) is 32.3 Å². The zero-order valence-corrected chi connectivity index (χ0v) is 19.3. The van der Waals surface area contributed by atoms with Crippen LogP contribution >= 0.6 is 11.8 Å². The molecule has 0 saturated heterocycles. The van der Waals surface area contributed by atoms with Gasteiger partial charge in [0, 0.05) is 10.8 Å². The van der Waals surface area contributed by atoms with Gasteiger partial charge in [0.2, 0.25) is 21.9 Å². The van der Waals surface area contributed by atoms with Crippen molar-refractivity contribution in [1.29, 1.82) is 0 Å². The third-order valence-corrected chi connectivity index (χ3v) is 5.63. The summed E-state index contributed by atoms with van der Waals surface area (Å²) in [5, 5.41) is 12.6. The van der Waals surface area contributed by atoms with Gasteiger partial charge in [-0.15, -0.1) is 0 Å². The molecule has 0 aliphatic rings. The number of sulfonamides is 1. The maximum Gasteiger partial charge on any atom is 0.242 e. The smallest absolute Gasteiger partial charge is 0.242 e. The lowest BCUT2D eigenvalue weighted by Gasteiger charge is -2.19. The molecular formula is C19H28FN5O3S2. The SMILES string of the molecule is Cc1ccc(F)c(C(C)Sc2nc(N[C@@H](CO)CC(C)C)nc(NS(C)(=O)=O)n2)c1. The lowest BCUT2D eigenvalue weighted by atomic mass is 10.0. The second-order valence-corrected chi connectivity index (χ2v) is 10.6. The van der Waals surface area contributed by atoms with Crippen LogP contribution in [-0.4, -0.2) is 47.4 Å². The maximum absolute atomic E-state index is 14.2. The van der Waals surface area contributed by atoms with Crippen LogP contribution in [0.5, 0.6) is 0 Å². The fraction of sp³-hybridized carbons (Fsp3) is 0.526. The first-order chi connectivity index (χ1) is 14.0. The van der Waals surface area contributed by atoms with Crippen LogP contribution in [0, 0.1) is 18.7 Å². The van der Waals surface area contributed by atoms with Crippen LogP contribution in [-0.2, 0) is 10.0 Å². The first-order valence-corrected chi connectivity index (χ1v) is 12.3. The molecular weight excluding hydrogens is 429 g/mol. The summed E-state index contributed by atoms with van der Waals surface area (Å²) in [6.07, 6.45) is 1.67. The number of thioether (sulfide) groups is 1. The molecule has 2 rings (SSSR count). The van der Waals surface area contributed by atoms with Crippen LogP contribution < -0.4 is 10.0 Å². The van der Waals surface area contributed by atoms with Crippen molar-refractivity contribution in [1.82, 2.24) is 15.0 Å². The van der Waals surface area contributed by atoms with Crippen LogP contribution in [0.2, 0.25) is 0 Å². The van der Waals surface area contributed by atoms with E-state index < -0.39 is 10.0 Å². The van der Waals surface area contributed by atoms with Crippen molar-refractivity contribution in [2.24, 2.45) is 5.92 Å². The van der Waals surface area contributed by atoms with Gasteiger partial charge in [-0.25, -0.2) is 12.8 Å². The van der Waals surface area contributed by atoms with E-state index in [0.717, 1.165) is 11.8 Å². The Kier molecular flexibility index (Phi) is 8.39. The number of nitrogens with one attached hydrogen (secondary N) is 2. The molecule has 1 unspecified atom stereocenters. The number of halogens is 1. The molecule has 0 amide bonds. The number of aliphatic hydroxyl groups is 1. The van der Waals surface area contributed by atoms with Gasteiger partial charge in [0.1, 0.15) is 5.82 Å². The van der Waals surface area contributed by atoms with E-state index in [2.05, 4.69) is 25.0 Å². The molecule has 1 aromatic heterocycles. The van der Waals surface area contributed by atoms with E-state index in [-0.39, 0.29) is 40.8 Å². The highest BCUT2D eigenvalue weighted by Crippen LogP contribution is 2.35. The van der Waals surface area contributed by atoms with Crippen LogP contribution in [0.15, 0.2) is 23.4 Å². The van der Waals surface area contributed by atoms with Crippen LogP contribution in [0.3, 0.4) is 0 Å². The van der Waals surface area contributed by atoms with E-state index in [9.17, 15) is 17.9 Å². The Labute approximate surface area is 181 Å². The molecule has 8 nitrogen and oxygen atoms in total. The van der Waals surface area contributed by atoms with Gasteiger partial charge in [-0.1, -0.05) is 43.3 Å². The van der Waals surface area contributed by atoms with Crippen molar-refractivity contribution in [2.75, 3.05) is 22.9 Å². The Morgan fingerprint density at radius 2 is 1.83 bits per heavy atom. The normalized spacial score (nSPS) is 13.9. The minimum absolute atomic E-state index is 0.133. The van der Waals surface area contributed by atoms with Crippen molar-refractivity contribution in [3.05, 3.63) is 35.1 Å². The van der Waals surface area contributed by atoms with Gasteiger partial charge in [-0.2, -0.15) is 15.0 Å². The highest BCUT2D eigenvalue weighted by Gasteiger charge is 2.19. The van der Waals surface area contributed by atoms with E-state index in [4.69, 9.17) is 0 Å². The second kappa shape index (κ2) is 10.4. The molecule has 11 heteroatoms. The molecule has 0 spiro atoms. The minimum atomic E-state index is -3.61. The molecule has 0 saturated carbocycles. The number of anilines is 2. The van der Waals surface area contributed by atoms with Crippen LogP contribution in [0.4, 0.5) is 16.3 Å². The lowest BCUT2D eigenvalue weighted by molar-refractivity contribution is 0.259. The number of benzene rings is 1. The number of nitrogens with zero attached hydrogens (tertiary/aromatic N) is 3. The molecule has 1 aromatic carbocycles. The monoisotopic (exact) mass is 457 g/mol. The third kappa shape index (κ3) is 7.69. The number of aryl methyl sites for hydroxylation is 1. The van der Waals surface area contributed by atoms with Crippen molar-refractivity contribution in [3.63, 3.8) is 0 Å². The first kappa shape index (κ1) is 24.3. The predicted molar refractivity (Wildman–Crippen MR) is 118 cm³/mol. The molecule has 0 fully saturated rings. The van der Waals surface area contributed by atoms with E-state index in [0.29, 0.717) is 17.9 Å². The standard InChI is InChI=1S/C19H28FN5O3S2/c1-11(2)8-14(10-26)21-17-22-18(25-30(5,27)28)24-19(23-17)29-13(4)15-9-12(3)6-7-16(15)20/h6-7,9,11,13-14,26H,8,10H2,1-5H3,(H2,21,22,23,24,25)/t13?,14-/m1/s1. The van der Waals surface area contributed by atoms with E-state index >= 15 is 0 Å². The summed E-state index contributed by atoms with van der Waals surface area (Å²) in [6, 6.07) is 4.56. The lowest BCUT2D eigenvalue weighted by Crippen LogP contribution is -2.27. The summed E-state index contributed by atoms with van der Waals surface area (Å²) in [5.74, 6) is -0.0195. The molecule has 2 aromatic rings. The summed E-state index contributed by atoms with van der Waals surface area (Å²) in [6.45, 7) is 7.61. The summed E-state index contributed by atoms with van der Waals surface area (Å²) < 4.78 is 39.8. The van der Waals surface area contributed by atoms with E-state index in [1.165, 1.54) is 17.8 Å². The van der Waals surface area contributed by atoms with Gasteiger partial charge in [0.15, 0.2) is 5.16 Å². The topological polar surface area (TPSA) is 117 Å². The van der Waals surface area contributed by atoms with Crippen molar-refractivity contribution < 1.29 is 17.9 Å². The highest BCUT2D eigenvalue weighted by atomic mass is 32.2. The van der Waals surface area contributed by atoms with Gasteiger partial charge >= 0.3 is 0 Å². The fourth-order valence-electron chi connectivity index (χ4n) is 2.81. The number of aliphatic hydroxyl groups excluding tert-OH is 1. The van der Waals surface area contributed by atoms with Crippen LogP contribution in [0.25, 0.3) is 0 Å². The Morgan fingerprint density at radius 1 is 1.17 bits per heavy atom.